The van der Waals surface area contributed by atoms with E-state index in [4.69, 9.17) is 11.6 Å². The number of alkyl halides is 3. The van der Waals surface area contributed by atoms with Crippen molar-refractivity contribution in [2.75, 3.05) is 10.6 Å². The molecular weight excluding hydrogens is 365 g/mol. The van der Waals surface area contributed by atoms with Crippen molar-refractivity contribution in [1.82, 2.24) is 9.97 Å². The maximum atomic E-state index is 12.6. The highest BCUT2D eigenvalue weighted by Gasteiger charge is 2.29. The molecule has 2 aromatic carbocycles. The Hall–Kier alpha value is -2.80. The Morgan fingerprint density at radius 3 is 2.27 bits per heavy atom. The number of nitrogens with one attached hydrogen (secondary N) is 2. The summed E-state index contributed by atoms with van der Waals surface area (Å²) in [4.78, 5) is 8.57. The van der Waals surface area contributed by atoms with Crippen LogP contribution in [0.3, 0.4) is 0 Å². The van der Waals surface area contributed by atoms with E-state index in [0.29, 0.717) is 27.9 Å². The summed E-state index contributed by atoms with van der Waals surface area (Å²) in [5, 5.41) is 6.54. The number of benzene rings is 2. The molecule has 0 aliphatic carbocycles. The highest BCUT2D eigenvalue weighted by molar-refractivity contribution is 6.33. The Morgan fingerprint density at radius 1 is 0.923 bits per heavy atom. The summed E-state index contributed by atoms with van der Waals surface area (Å²) in [7, 11) is 0. The lowest BCUT2D eigenvalue weighted by molar-refractivity contribution is -0.137. The molecular formula is C18H14ClF3N4. The van der Waals surface area contributed by atoms with Gasteiger partial charge in [0.25, 0.3) is 0 Å². The summed E-state index contributed by atoms with van der Waals surface area (Å²) in [6, 6.07) is 13.6. The van der Waals surface area contributed by atoms with Gasteiger partial charge in [-0.3, -0.25) is 0 Å². The molecule has 0 amide bonds. The lowest BCUT2D eigenvalue weighted by Gasteiger charge is -2.11. The van der Waals surface area contributed by atoms with E-state index in [9.17, 15) is 13.2 Å². The number of para-hydroxylation sites is 1. The smallest absolute Gasteiger partial charge is 0.339 e. The molecule has 3 aromatic rings. The van der Waals surface area contributed by atoms with Crippen molar-refractivity contribution in [3.05, 3.63) is 70.9 Å². The first kappa shape index (κ1) is 18.0. The van der Waals surface area contributed by atoms with Gasteiger partial charge in [0, 0.05) is 17.4 Å². The van der Waals surface area contributed by atoms with Gasteiger partial charge in [-0.25, -0.2) is 4.98 Å². The number of aromatic nitrogens is 2. The van der Waals surface area contributed by atoms with Gasteiger partial charge in [-0.2, -0.15) is 18.2 Å². The first-order valence-electron chi connectivity index (χ1n) is 7.63. The van der Waals surface area contributed by atoms with Crippen LogP contribution in [0.4, 0.5) is 36.3 Å². The fourth-order valence-corrected chi connectivity index (χ4v) is 2.44. The predicted molar refractivity (Wildman–Crippen MR) is 96.2 cm³/mol. The summed E-state index contributed by atoms with van der Waals surface area (Å²) in [6.07, 6.45) is -4.37. The number of aryl methyl sites for hydroxylation is 1. The standard InChI is InChI=1S/C18H14ClF3N4/c1-11-10-16(25-15-5-3-2-4-14(15)19)26-17(23-11)24-13-8-6-12(7-9-13)18(20,21)22/h2-10H,1H3,(H2,23,24,25,26). The second-order valence-corrected chi connectivity index (χ2v) is 5.93. The first-order valence-corrected chi connectivity index (χ1v) is 8.00. The summed E-state index contributed by atoms with van der Waals surface area (Å²) in [6.45, 7) is 1.79. The van der Waals surface area contributed by atoms with Crippen molar-refractivity contribution in [3.8, 4) is 0 Å². The van der Waals surface area contributed by atoms with Crippen LogP contribution in [-0.4, -0.2) is 9.97 Å². The largest absolute Gasteiger partial charge is 0.416 e. The highest BCUT2D eigenvalue weighted by atomic mass is 35.5. The van der Waals surface area contributed by atoms with E-state index in [0.717, 1.165) is 12.1 Å². The molecule has 0 saturated heterocycles. The van der Waals surface area contributed by atoms with Crippen LogP contribution in [0.5, 0.6) is 0 Å². The summed E-state index contributed by atoms with van der Waals surface area (Å²) >= 11 is 6.12. The fourth-order valence-electron chi connectivity index (χ4n) is 2.26. The molecule has 26 heavy (non-hydrogen) atoms. The maximum absolute atomic E-state index is 12.6. The van der Waals surface area contributed by atoms with E-state index in [2.05, 4.69) is 20.6 Å². The maximum Gasteiger partial charge on any atom is 0.416 e. The third-order valence-corrected chi connectivity index (χ3v) is 3.79. The van der Waals surface area contributed by atoms with E-state index < -0.39 is 11.7 Å². The minimum atomic E-state index is -4.37. The minimum Gasteiger partial charge on any atom is -0.339 e. The van der Waals surface area contributed by atoms with Gasteiger partial charge in [-0.05, 0) is 43.3 Å². The van der Waals surface area contributed by atoms with Crippen molar-refractivity contribution in [2.45, 2.75) is 13.1 Å². The average molecular weight is 379 g/mol. The molecule has 0 spiro atoms. The number of nitrogens with zero attached hydrogens (tertiary/aromatic N) is 2. The molecule has 0 saturated carbocycles. The zero-order chi connectivity index (χ0) is 18.7. The minimum absolute atomic E-state index is 0.263. The average Bonchev–Trinajstić information content (AvgIpc) is 2.56. The molecule has 0 bridgehead atoms. The Kier molecular flexibility index (Phi) is 4.99. The number of hydrogen-bond donors (Lipinski definition) is 2. The van der Waals surface area contributed by atoms with Gasteiger partial charge in [0.15, 0.2) is 0 Å². The molecule has 0 aliphatic heterocycles. The number of anilines is 4. The zero-order valence-electron chi connectivity index (χ0n) is 13.6. The van der Waals surface area contributed by atoms with Gasteiger partial charge in [0.1, 0.15) is 5.82 Å². The van der Waals surface area contributed by atoms with Crippen molar-refractivity contribution in [1.29, 1.82) is 0 Å². The van der Waals surface area contributed by atoms with E-state index >= 15 is 0 Å². The quantitative estimate of drug-likeness (QED) is 0.589. The van der Waals surface area contributed by atoms with Crippen LogP contribution < -0.4 is 10.6 Å². The van der Waals surface area contributed by atoms with Crippen LogP contribution in [0.1, 0.15) is 11.3 Å². The number of hydrogen-bond acceptors (Lipinski definition) is 4. The highest BCUT2D eigenvalue weighted by Crippen LogP contribution is 2.30. The van der Waals surface area contributed by atoms with Crippen molar-refractivity contribution in [2.24, 2.45) is 0 Å². The van der Waals surface area contributed by atoms with Gasteiger partial charge in [0.05, 0.1) is 16.3 Å². The second kappa shape index (κ2) is 7.21. The lowest BCUT2D eigenvalue weighted by Crippen LogP contribution is -2.05. The third-order valence-electron chi connectivity index (χ3n) is 3.46. The van der Waals surface area contributed by atoms with Crippen LogP contribution in [0.15, 0.2) is 54.6 Å². The van der Waals surface area contributed by atoms with Gasteiger partial charge >= 0.3 is 6.18 Å². The lowest BCUT2D eigenvalue weighted by atomic mass is 10.2. The Balaban J connectivity index is 1.80. The first-order chi connectivity index (χ1) is 12.3. The van der Waals surface area contributed by atoms with Crippen molar-refractivity contribution >= 4 is 34.7 Å². The molecule has 2 N–H and O–H groups in total. The SMILES string of the molecule is Cc1cc(Nc2ccccc2Cl)nc(Nc2ccc(C(F)(F)F)cc2)n1. The fraction of sp³-hybridized carbons (Fsp3) is 0.111. The monoisotopic (exact) mass is 378 g/mol. The van der Waals surface area contributed by atoms with Crippen molar-refractivity contribution in [3.63, 3.8) is 0 Å². The molecule has 3 rings (SSSR count). The third kappa shape index (κ3) is 4.43. The molecule has 1 heterocycles. The number of halogens is 4. The molecule has 1 aromatic heterocycles. The zero-order valence-corrected chi connectivity index (χ0v) is 14.4. The van der Waals surface area contributed by atoms with Crippen LogP contribution in [-0.2, 0) is 6.18 Å². The van der Waals surface area contributed by atoms with Crippen LogP contribution >= 0.6 is 11.6 Å². The van der Waals surface area contributed by atoms with Gasteiger partial charge in [-0.1, -0.05) is 23.7 Å². The van der Waals surface area contributed by atoms with Gasteiger partial charge in [-0.15, -0.1) is 0 Å². The summed E-state index contributed by atoms with van der Waals surface area (Å²) in [5.74, 6) is 0.777. The molecule has 0 atom stereocenters. The molecule has 0 unspecified atom stereocenters. The Bertz CT molecular complexity index is 911. The van der Waals surface area contributed by atoms with E-state index in [-0.39, 0.29) is 5.95 Å². The predicted octanol–water partition coefficient (Wildman–Crippen LogP) is 5.94. The summed E-state index contributed by atoms with van der Waals surface area (Å²) < 4.78 is 37.9. The summed E-state index contributed by atoms with van der Waals surface area (Å²) in [5.41, 5.74) is 1.11. The van der Waals surface area contributed by atoms with Crippen LogP contribution in [0.2, 0.25) is 5.02 Å². The topological polar surface area (TPSA) is 49.8 Å². The number of rotatable bonds is 4. The molecule has 0 fully saturated rings. The van der Waals surface area contributed by atoms with Crippen LogP contribution in [0.25, 0.3) is 0 Å². The molecule has 0 aliphatic rings. The normalized spacial score (nSPS) is 11.3. The molecule has 0 radical (unpaired) electrons. The Morgan fingerprint density at radius 2 is 1.62 bits per heavy atom. The van der Waals surface area contributed by atoms with Crippen molar-refractivity contribution < 1.29 is 13.2 Å². The van der Waals surface area contributed by atoms with Gasteiger partial charge < -0.3 is 10.6 Å². The van der Waals surface area contributed by atoms with Crippen LogP contribution in [0, 0.1) is 6.92 Å². The molecule has 4 nitrogen and oxygen atoms in total. The molecule has 8 heteroatoms. The second-order valence-electron chi connectivity index (χ2n) is 5.52. The van der Waals surface area contributed by atoms with Gasteiger partial charge in [0.2, 0.25) is 5.95 Å². The van der Waals surface area contributed by atoms with E-state index in [1.54, 1.807) is 19.1 Å². The Labute approximate surface area is 153 Å². The van der Waals surface area contributed by atoms with E-state index in [1.165, 1.54) is 12.1 Å². The molecule has 134 valence electrons. The van der Waals surface area contributed by atoms with E-state index in [1.807, 2.05) is 18.2 Å².